The van der Waals surface area contributed by atoms with Crippen LogP contribution >= 0.6 is 0 Å². The van der Waals surface area contributed by atoms with E-state index in [1.165, 1.54) is 13.8 Å². The summed E-state index contributed by atoms with van der Waals surface area (Å²) in [5.41, 5.74) is 0. The molecule has 0 spiro atoms. The van der Waals surface area contributed by atoms with E-state index in [0.29, 0.717) is 12.8 Å². The number of rotatable bonds is 2. The predicted octanol–water partition coefficient (Wildman–Crippen LogP) is -0.149. The fourth-order valence-electron chi connectivity index (χ4n) is 1.76. The van der Waals surface area contributed by atoms with E-state index in [-0.39, 0.29) is 23.7 Å². The van der Waals surface area contributed by atoms with Crippen molar-refractivity contribution in [2.45, 2.75) is 38.8 Å². The van der Waals surface area contributed by atoms with Crippen LogP contribution in [0.5, 0.6) is 0 Å². The highest BCUT2D eigenvalue weighted by Crippen LogP contribution is 2.26. The van der Waals surface area contributed by atoms with E-state index in [0.717, 1.165) is 0 Å². The molecule has 4 nitrogen and oxygen atoms in total. The molecule has 0 aromatic rings. The van der Waals surface area contributed by atoms with Gasteiger partial charge >= 0.3 is 0 Å². The van der Waals surface area contributed by atoms with E-state index in [2.05, 4.69) is 5.32 Å². The molecule has 0 aromatic carbocycles. The molecule has 1 aliphatic rings. The van der Waals surface area contributed by atoms with Crippen molar-refractivity contribution in [3.8, 4) is 0 Å². The van der Waals surface area contributed by atoms with Gasteiger partial charge in [0.15, 0.2) is 0 Å². The second-order valence-electron chi connectivity index (χ2n) is 3.65. The smallest absolute Gasteiger partial charge is 0.217 e. The van der Waals surface area contributed by atoms with Crippen molar-refractivity contribution in [2.24, 2.45) is 5.92 Å². The Bertz CT molecular complexity index is 227. The molecule has 3 unspecified atom stereocenters. The summed E-state index contributed by atoms with van der Waals surface area (Å²) in [6.45, 7) is 2.93. The maximum atomic E-state index is 11.0. The number of carbonyl (C=O) groups excluding carboxylic acids is 2. The Morgan fingerprint density at radius 2 is 1.92 bits per heavy atom. The third-order valence-corrected chi connectivity index (χ3v) is 2.49. The lowest BCUT2D eigenvalue weighted by Crippen LogP contribution is -2.38. The largest absolute Gasteiger partial charge is 0.391 e. The van der Waals surface area contributed by atoms with E-state index >= 15 is 0 Å². The van der Waals surface area contributed by atoms with Gasteiger partial charge in [-0.15, -0.1) is 0 Å². The number of aliphatic hydroxyl groups is 1. The molecular formula is C9H15NO3. The molecule has 0 aromatic heterocycles. The van der Waals surface area contributed by atoms with Gasteiger partial charge in [-0.05, 0) is 19.8 Å². The second-order valence-corrected chi connectivity index (χ2v) is 3.65. The molecule has 1 fully saturated rings. The number of amides is 1. The fraction of sp³-hybridized carbons (Fsp3) is 0.778. The minimum Gasteiger partial charge on any atom is -0.391 e. The van der Waals surface area contributed by atoms with E-state index < -0.39 is 6.10 Å². The van der Waals surface area contributed by atoms with Crippen molar-refractivity contribution in [1.29, 1.82) is 0 Å². The minimum absolute atomic E-state index is 0.0897. The highest BCUT2D eigenvalue weighted by atomic mass is 16.3. The van der Waals surface area contributed by atoms with Crippen molar-refractivity contribution < 1.29 is 14.7 Å². The van der Waals surface area contributed by atoms with Crippen LogP contribution in [0, 0.1) is 5.92 Å². The number of ketones is 1. The number of nitrogens with one attached hydrogen (secondary N) is 1. The molecule has 13 heavy (non-hydrogen) atoms. The van der Waals surface area contributed by atoms with E-state index in [4.69, 9.17) is 0 Å². The van der Waals surface area contributed by atoms with Crippen LogP contribution in [-0.2, 0) is 9.59 Å². The summed E-state index contributed by atoms with van der Waals surface area (Å²) in [4.78, 5) is 21.7. The van der Waals surface area contributed by atoms with Crippen LogP contribution in [0.3, 0.4) is 0 Å². The third kappa shape index (κ3) is 2.52. The first-order chi connectivity index (χ1) is 6.00. The summed E-state index contributed by atoms with van der Waals surface area (Å²) in [5, 5.41) is 12.1. The summed E-state index contributed by atoms with van der Waals surface area (Å²) in [6.07, 6.45) is 0.467. The molecule has 0 heterocycles. The van der Waals surface area contributed by atoms with Gasteiger partial charge in [-0.1, -0.05) is 0 Å². The molecule has 0 radical (unpaired) electrons. The van der Waals surface area contributed by atoms with Crippen LogP contribution < -0.4 is 5.32 Å². The monoisotopic (exact) mass is 185 g/mol. The minimum atomic E-state index is -0.571. The molecule has 0 saturated heterocycles. The lowest BCUT2D eigenvalue weighted by atomic mass is 10.0. The average Bonchev–Trinajstić information content (AvgIpc) is 2.31. The van der Waals surface area contributed by atoms with Crippen molar-refractivity contribution in [3.63, 3.8) is 0 Å². The first kappa shape index (κ1) is 10.2. The molecule has 4 heteroatoms. The summed E-state index contributed by atoms with van der Waals surface area (Å²) in [7, 11) is 0. The number of hydrogen-bond acceptors (Lipinski definition) is 3. The summed E-state index contributed by atoms with van der Waals surface area (Å²) >= 11 is 0. The van der Waals surface area contributed by atoms with Gasteiger partial charge in [-0.3, -0.25) is 9.59 Å². The maximum absolute atomic E-state index is 11.0. The van der Waals surface area contributed by atoms with Gasteiger partial charge in [0, 0.05) is 12.8 Å². The highest BCUT2D eigenvalue weighted by molar-refractivity contribution is 5.79. The van der Waals surface area contributed by atoms with Crippen molar-refractivity contribution in [2.75, 3.05) is 0 Å². The molecule has 2 N–H and O–H groups in total. The molecular weight excluding hydrogens is 170 g/mol. The van der Waals surface area contributed by atoms with Crippen molar-refractivity contribution >= 4 is 11.7 Å². The molecule has 1 saturated carbocycles. The van der Waals surface area contributed by atoms with E-state index in [1.54, 1.807) is 0 Å². The number of hydrogen-bond donors (Lipinski definition) is 2. The highest BCUT2D eigenvalue weighted by Gasteiger charge is 2.35. The van der Waals surface area contributed by atoms with Crippen LogP contribution in [0.15, 0.2) is 0 Å². The van der Waals surface area contributed by atoms with Gasteiger partial charge < -0.3 is 10.4 Å². The second kappa shape index (κ2) is 3.87. The molecule has 1 rings (SSSR count). The van der Waals surface area contributed by atoms with Crippen LogP contribution in [0.2, 0.25) is 0 Å². The Morgan fingerprint density at radius 3 is 2.31 bits per heavy atom. The van der Waals surface area contributed by atoms with Crippen molar-refractivity contribution in [3.05, 3.63) is 0 Å². The lowest BCUT2D eigenvalue weighted by molar-refractivity contribution is -0.121. The Hall–Kier alpha value is -0.900. The van der Waals surface area contributed by atoms with E-state index in [1.807, 2.05) is 0 Å². The van der Waals surface area contributed by atoms with Crippen molar-refractivity contribution in [1.82, 2.24) is 5.32 Å². The molecule has 74 valence electrons. The molecule has 1 aliphatic carbocycles. The molecule has 3 atom stereocenters. The molecule has 0 aliphatic heterocycles. The van der Waals surface area contributed by atoms with Gasteiger partial charge in [-0.2, -0.15) is 0 Å². The SMILES string of the molecule is CC(=O)NC1CC(C(C)=O)CC1O. The zero-order chi connectivity index (χ0) is 10.0. The number of carbonyl (C=O) groups is 2. The van der Waals surface area contributed by atoms with Crippen LogP contribution in [0.1, 0.15) is 26.7 Å². The zero-order valence-corrected chi connectivity index (χ0v) is 7.91. The summed E-state index contributed by atoms with van der Waals surface area (Å²) in [5.74, 6) is -0.160. The summed E-state index contributed by atoms with van der Waals surface area (Å²) in [6, 6.07) is -0.244. The Kier molecular flexibility index (Phi) is 3.03. The molecule has 1 amide bonds. The number of Topliss-reactive ketones (excluding diaryl/α,β-unsaturated/α-hetero) is 1. The van der Waals surface area contributed by atoms with Gasteiger partial charge in [0.2, 0.25) is 5.91 Å². The molecule has 0 bridgehead atoms. The first-order valence-electron chi connectivity index (χ1n) is 4.46. The Balaban J connectivity index is 2.51. The topological polar surface area (TPSA) is 66.4 Å². The Labute approximate surface area is 77.3 Å². The predicted molar refractivity (Wildman–Crippen MR) is 47.0 cm³/mol. The van der Waals surface area contributed by atoms with E-state index in [9.17, 15) is 14.7 Å². The number of aliphatic hydroxyl groups excluding tert-OH is 1. The summed E-state index contributed by atoms with van der Waals surface area (Å²) < 4.78 is 0. The maximum Gasteiger partial charge on any atom is 0.217 e. The standard InChI is InChI=1S/C9H15NO3/c1-5(11)7-3-8(9(13)4-7)10-6(2)12/h7-9,13H,3-4H2,1-2H3,(H,10,12). The van der Waals surface area contributed by atoms with Gasteiger partial charge in [0.1, 0.15) is 5.78 Å². The third-order valence-electron chi connectivity index (χ3n) is 2.49. The van der Waals surface area contributed by atoms with Crippen LogP contribution in [0.4, 0.5) is 0 Å². The lowest BCUT2D eigenvalue weighted by Gasteiger charge is -2.14. The first-order valence-corrected chi connectivity index (χ1v) is 4.46. The quantitative estimate of drug-likeness (QED) is 0.628. The zero-order valence-electron chi connectivity index (χ0n) is 7.91. The average molecular weight is 185 g/mol. The Morgan fingerprint density at radius 1 is 1.31 bits per heavy atom. The van der Waals surface area contributed by atoms with Crippen LogP contribution in [0.25, 0.3) is 0 Å². The van der Waals surface area contributed by atoms with Gasteiger partial charge in [0.25, 0.3) is 0 Å². The van der Waals surface area contributed by atoms with Gasteiger partial charge in [-0.25, -0.2) is 0 Å². The van der Waals surface area contributed by atoms with Crippen LogP contribution in [-0.4, -0.2) is 28.9 Å². The van der Waals surface area contributed by atoms with Gasteiger partial charge in [0.05, 0.1) is 12.1 Å². The normalized spacial score (nSPS) is 33.0. The fourth-order valence-corrected chi connectivity index (χ4v) is 1.76.